The first-order valence-electron chi connectivity index (χ1n) is 22.1. The van der Waals surface area contributed by atoms with Crippen LogP contribution in [0.1, 0.15) is 61.8 Å². The van der Waals surface area contributed by atoms with Crippen molar-refractivity contribution in [2.45, 2.75) is 50.4 Å². The van der Waals surface area contributed by atoms with Gasteiger partial charge in [0.1, 0.15) is 12.6 Å². The van der Waals surface area contributed by atoms with E-state index >= 15 is 4.79 Å². The van der Waals surface area contributed by atoms with Crippen molar-refractivity contribution in [1.82, 2.24) is 9.80 Å². The van der Waals surface area contributed by atoms with Crippen LogP contribution in [0.25, 0.3) is 11.1 Å². The van der Waals surface area contributed by atoms with Crippen LogP contribution in [0.5, 0.6) is 0 Å². The summed E-state index contributed by atoms with van der Waals surface area (Å²) in [5.41, 5.74) is -0.737. The molecule has 53 heavy (non-hydrogen) atoms. The van der Waals surface area contributed by atoms with Crippen molar-refractivity contribution in [3.05, 3.63) is 135 Å². The number of carbonyl (C=O) groups is 1. The zero-order valence-electron chi connectivity index (χ0n) is 39.4. The molecule has 4 aromatic carbocycles. The second kappa shape index (κ2) is 16.8. The van der Waals surface area contributed by atoms with Crippen molar-refractivity contribution in [3.8, 4) is 11.1 Å². The molecule has 1 fully saturated rings. The molecule has 1 N–H and O–H groups in total. The van der Waals surface area contributed by atoms with Gasteiger partial charge in [-0.05, 0) is 66.7 Å². The molecule has 0 aliphatic carbocycles. The summed E-state index contributed by atoms with van der Waals surface area (Å²) in [6.07, 6.45) is -6.47. The lowest BCUT2D eigenvalue weighted by Gasteiger charge is -2.40. The van der Waals surface area contributed by atoms with E-state index in [0.717, 1.165) is 18.2 Å². The first-order valence-corrected chi connectivity index (χ1v) is 17.5. The summed E-state index contributed by atoms with van der Waals surface area (Å²) in [7, 11) is -2.87. The maximum Gasteiger partial charge on any atom is 0.416 e. The van der Waals surface area contributed by atoms with E-state index in [-0.39, 0.29) is 43.6 Å². The molecule has 280 valence electrons. The minimum Gasteiger partial charge on any atom is -0.384 e. The molecular formula is C41H42F5N3O3S. The second-order valence-electron chi connectivity index (χ2n) is 12.4. The molecule has 0 radical (unpaired) electrons. The SMILES string of the molecule is [2H]C1=C(SCc2cccc(F)c2F)N(C([2H])([2H])C(=O)N(Cc2ccc(-c3ccc(C(F)(F)F)cc3)cc2)C2CCN(C([2H])([2H])COC([2H])([2H])[2H])CC2)c2c([2H])c([2H])c(C)c([2H])c2C1O. The van der Waals surface area contributed by atoms with Gasteiger partial charge in [0.2, 0.25) is 5.91 Å². The number of piperidine rings is 1. The quantitative estimate of drug-likeness (QED) is 0.146. The normalized spacial score (nSPS) is 20.7. The molecule has 2 aliphatic heterocycles. The number of methoxy groups -OCH3 is 1. The number of anilines is 1. The Hall–Kier alpha value is -4.23. The molecule has 6 rings (SSSR count). The van der Waals surface area contributed by atoms with Crippen LogP contribution < -0.4 is 4.90 Å². The Morgan fingerprint density at radius 2 is 1.75 bits per heavy atom. The van der Waals surface area contributed by atoms with Crippen LogP contribution in [0.15, 0.2) is 95.9 Å². The largest absolute Gasteiger partial charge is 0.416 e. The van der Waals surface area contributed by atoms with E-state index < -0.39 is 114 Å². The standard InChI is InChI=1S/C41H42F5N3O3S/c1-27-6-15-36-34(22-27)37(50)23-39(53-26-31-4-3-5-35(42)40(31)43)49(36)25-38(51)48(33-16-18-47(19-17-33)20-21-52-2)24-28-7-9-29(10-8-28)30-11-13-32(14-12-30)41(44,45)46/h3-15,22-23,33,37,50H,16-21,24-26H2,1-2H3/i2D3,6D,15D,20D2,22D,23D,25D2. The molecule has 1 saturated heterocycles. The Morgan fingerprint density at radius 3 is 2.43 bits per heavy atom. The highest BCUT2D eigenvalue weighted by molar-refractivity contribution is 8.02. The van der Waals surface area contributed by atoms with Crippen LogP contribution in [0, 0.1) is 18.6 Å². The maximum atomic E-state index is 15.2. The van der Waals surface area contributed by atoms with Crippen molar-refractivity contribution in [1.29, 1.82) is 0 Å². The van der Waals surface area contributed by atoms with Crippen LogP contribution >= 0.6 is 11.8 Å². The van der Waals surface area contributed by atoms with Crippen LogP contribution in [-0.2, 0) is 28.0 Å². The van der Waals surface area contributed by atoms with Gasteiger partial charge in [-0.25, -0.2) is 8.78 Å². The lowest BCUT2D eigenvalue weighted by Crippen LogP contribution is -2.50. The molecule has 6 nitrogen and oxygen atoms in total. The van der Waals surface area contributed by atoms with Gasteiger partial charge in [0.25, 0.3) is 0 Å². The van der Waals surface area contributed by atoms with Crippen molar-refractivity contribution in [2.24, 2.45) is 0 Å². The monoisotopic (exact) mass is 762 g/mol. The second-order valence-corrected chi connectivity index (χ2v) is 13.4. The molecule has 0 bridgehead atoms. The molecule has 2 aliphatic rings. The van der Waals surface area contributed by atoms with Gasteiger partial charge in [0, 0.05) is 64.5 Å². The Bertz CT molecular complexity index is 2420. The predicted molar refractivity (Wildman–Crippen MR) is 198 cm³/mol. The summed E-state index contributed by atoms with van der Waals surface area (Å²) < 4.78 is 167. The average Bonchev–Trinajstić information content (AvgIpc) is 3.24. The molecule has 1 atom stereocenters. The Kier molecular flexibility index (Phi) is 8.43. The highest BCUT2D eigenvalue weighted by atomic mass is 32.2. The number of amides is 1. The number of aliphatic hydroxyl groups excluding tert-OH is 1. The van der Waals surface area contributed by atoms with Crippen LogP contribution in [0.2, 0.25) is 0 Å². The van der Waals surface area contributed by atoms with Crippen molar-refractivity contribution >= 4 is 23.4 Å². The molecule has 12 heteroatoms. The number of likely N-dealkylation sites (tertiary alicyclic amines) is 1. The number of fused-ring (bicyclic) bond motifs is 1. The summed E-state index contributed by atoms with van der Waals surface area (Å²) in [6, 6.07) is 10.9. The molecule has 2 heterocycles. The summed E-state index contributed by atoms with van der Waals surface area (Å²) in [5, 5.41) is 11.0. The minimum atomic E-state index is -4.55. The number of aliphatic hydroxyl groups is 1. The number of ether oxygens (including phenoxy) is 1. The zero-order valence-corrected chi connectivity index (χ0v) is 29.2. The fraction of sp³-hybridized carbons (Fsp3) is 0.341. The third-order valence-electron chi connectivity index (χ3n) is 8.89. The van der Waals surface area contributed by atoms with E-state index in [1.165, 1.54) is 41.0 Å². The number of carbonyl (C=O) groups excluding carboxylic acids is 1. The topological polar surface area (TPSA) is 56.3 Å². The van der Waals surface area contributed by atoms with Crippen LogP contribution in [0.4, 0.5) is 27.6 Å². The van der Waals surface area contributed by atoms with Crippen LogP contribution in [-0.4, -0.2) is 66.6 Å². The molecule has 0 aromatic heterocycles. The Labute approximate surface area is 326 Å². The summed E-state index contributed by atoms with van der Waals surface area (Å²) in [4.78, 5) is 18.3. The fourth-order valence-corrected chi connectivity index (χ4v) is 7.07. The number of alkyl halides is 3. The zero-order chi connectivity index (χ0) is 47.3. The van der Waals surface area contributed by atoms with E-state index in [9.17, 15) is 29.8 Å². The number of hydrogen-bond acceptors (Lipinski definition) is 6. The van der Waals surface area contributed by atoms with Gasteiger partial charge in [-0.15, -0.1) is 11.8 Å². The third kappa shape index (κ3) is 9.29. The molecule has 0 spiro atoms. The van der Waals surface area contributed by atoms with E-state index in [1.807, 2.05) is 0 Å². The smallest absolute Gasteiger partial charge is 0.384 e. The van der Waals surface area contributed by atoms with E-state index in [0.29, 0.717) is 33.4 Å². The number of benzene rings is 4. The summed E-state index contributed by atoms with van der Waals surface area (Å²) in [6.45, 7) is -5.47. The van der Waals surface area contributed by atoms with Crippen molar-refractivity contribution < 1.29 is 51.7 Å². The predicted octanol–water partition coefficient (Wildman–Crippen LogP) is 8.73. The molecular weight excluding hydrogens is 710 g/mol. The first-order chi connectivity index (χ1) is 29.7. The highest BCUT2D eigenvalue weighted by Crippen LogP contribution is 2.41. The highest BCUT2D eigenvalue weighted by Gasteiger charge is 2.33. The fourth-order valence-electron chi connectivity index (χ4n) is 6.10. The van der Waals surface area contributed by atoms with E-state index in [2.05, 4.69) is 0 Å². The van der Waals surface area contributed by atoms with E-state index in [1.54, 1.807) is 24.3 Å². The maximum absolute atomic E-state index is 15.2. The van der Waals surface area contributed by atoms with Gasteiger partial charge in [0.15, 0.2) is 11.6 Å². The number of thioether (sulfide) groups is 1. The van der Waals surface area contributed by atoms with Crippen molar-refractivity contribution in [2.75, 3.05) is 44.6 Å². The lowest BCUT2D eigenvalue weighted by molar-refractivity contribution is -0.137. The number of hydrogen-bond donors (Lipinski definition) is 1. The van der Waals surface area contributed by atoms with Gasteiger partial charge >= 0.3 is 6.18 Å². The average molecular weight is 763 g/mol. The minimum absolute atomic E-state index is 0.0185. The van der Waals surface area contributed by atoms with Crippen LogP contribution in [0.3, 0.4) is 0 Å². The van der Waals surface area contributed by atoms with Crippen molar-refractivity contribution in [3.63, 3.8) is 0 Å². The lowest BCUT2D eigenvalue weighted by atomic mass is 9.99. The number of rotatable bonds is 12. The van der Waals surface area contributed by atoms with Gasteiger partial charge in [-0.2, -0.15) is 13.2 Å². The molecule has 0 saturated carbocycles. The van der Waals surface area contributed by atoms with E-state index in [4.69, 9.17) is 17.1 Å². The molecule has 1 amide bonds. The Balaban J connectivity index is 1.41. The molecule has 4 aromatic rings. The summed E-state index contributed by atoms with van der Waals surface area (Å²) >= 11 is 0.560. The number of nitrogens with zero attached hydrogens (tertiary/aromatic N) is 3. The number of halogens is 5. The van der Waals surface area contributed by atoms with Gasteiger partial charge in [-0.1, -0.05) is 66.2 Å². The first kappa shape index (κ1) is 26.5. The van der Waals surface area contributed by atoms with Gasteiger partial charge in [0.05, 0.1) is 29.5 Å². The third-order valence-corrected chi connectivity index (χ3v) is 9.92. The Morgan fingerprint density at radius 1 is 1.06 bits per heavy atom. The van der Waals surface area contributed by atoms with Gasteiger partial charge in [-0.3, -0.25) is 4.79 Å². The molecule has 1 unspecified atom stereocenters. The van der Waals surface area contributed by atoms with Gasteiger partial charge < -0.3 is 24.5 Å². The summed E-state index contributed by atoms with van der Waals surface area (Å²) in [5.74, 6) is -4.15.